The summed E-state index contributed by atoms with van der Waals surface area (Å²) in [5.74, 6) is -1.02. The maximum absolute atomic E-state index is 10.7. The summed E-state index contributed by atoms with van der Waals surface area (Å²) in [4.78, 5) is 19.3. The van der Waals surface area contributed by atoms with Gasteiger partial charge in [0, 0.05) is 22.7 Å². The van der Waals surface area contributed by atoms with Gasteiger partial charge in [-0.1, -0.05) is 11.8 Å². The largest absolute Gasteiger partial charge is 0.477 e. The number of thiazole rings is 1. The van der Waals surface area contributed by atoms with Gasteiger partial charge in [-0.2, -0.15) is 0 Å². The summed E-state index contributed by atoms with van der Waals surface area (Å²) in [5, 5.41) is 10.6. The van der Waals surface area contributed by atoms with Crippen LogP contribution >= 0.6 is 23.1 Å². The van der Waals surface area contributed by atoms with Crippen molar-refractivity contribution in [3.63, 3.8) is 0 Å². The van der Waals surface area contributed by atoms with Gasteiger partial charge in [0.2, 0.25) is 0 Å². The molecule has 2 heterocycles. The second kappa shape index (κ2) is 4.41. The van der Waals surface area contributed by atoms with E-state index in [0.29, 0.717) is 0 Å². The first kappa shape index (κ1) is 10.1. The van der Waals surface area contributed by atoms with Gasteiger partial charge in [0.25, 0.3) is 0 Å². The van der Waals surface area contributed by atoms with E-state index in [9.17, 15) is 4.79 Å². The molecule has 2 rings (SSSR count). The monoisotopic (exact) mass is 238 g/mol. The van der Waals surface area contributed by atoms with Crippen molar-refractivity contribution < 1.29 is 9.90 Å². The zero-order valence-corrected chi connectivity index (χ0v) is 9.09. The third-order valence-electron chi connectivity index (χ3n) is 1.57. The van der Waals surface area contributed by atoms with Crippen LogP contribution < -0.4 is 0 Å². The maximum Gasteiger partial charge on any atom is 0.354 e. The maximum atomic E-state index is 10.7. The van der Waals surface area contributed by atoms with E-state index in [2.05, 4.69) is 9.97 Å². The predicted molar refractivity (Wildman–Crippen MR) is 57.4 cm³/mol. The number of hydrogen-bond acceptors (Lipinski definition) is 5. The third-order valence-corrected chi connectivity index (χ3v) is 3.44. The molecule has 76 valence electrons. The van der Waals surface area contributed by atoms with Gasteiger partial charge in [-0.15, -0.1) is 11.3 Å². The Balaban J connectivity index is 2.22. The van der Waals surface area contributed by atoms with E-state index in [-0.39, 0.29) is 5.69 Å². The first-order valence-corrected chi connectivity index (χ1v) is 5.72. The summed E-state index contributed by atoms with van der Waals surface area (Å²) >= 11 is 2.95. The first-order valence-electron chi connectivity index (χ1n) is 4.02. The van der Waals surface area contributed by atoms with Gasteiger partial charge in [0.1, 0.15) is 5.69 Å². The van der Waals surface area contributed by atoms with Crippen molar-refractivity contribution in [3.05, 3.63) is 35.6 Å². The fourth-order valence-corrected chi connectivity index (χ4v) is 2.58. The van der Waals surface area contributed by atoms with Gasteiger partial charge in [-0.05, 0) is 12.1 Å². The Morgan fingerprint density at radius 1 is 1.40 bits per heavy atom. The molecule has 2 aromatic heterocycles. The standard InChI is InChI=1S/C9H6N2O2S2/c12-8(13)7-5-6(1-2-10-7)15-9-11-3-4-14-9/h1-5H,(H,12,13). The number of aromatic nitrogens is 2. The molecule has 0 bridgehead atoms. The fraction of sp³-hybridized carbons (Fsp3) is 0. The topological polar surface area (TPSA) is 63.1 Å². The SMILES string of the molecule is O=C(O)c1cc(Sc2nccs2)ccn1. The smallest absolute Gasteiger partial charge is 0.354 e. The van der Waals surface area contributed by atoms with Gasteiger partial charge in [-0.25, -0.2) is 14.8 Å². The Kier molecular flexibility index (Phi) is 2.98. The quantitative estimate of drug-likeness (QED) is 0.889. The van der Waals surface area contributed by atoms with Crippen molar-refractivity contribution >= 4 is 29.1 Å². The first-order chi connectivity index (χ1) is 7.25. The summed E-state index contributed by atoms with van der Waals surface area (Å²) in [6, 6.07) is 3.30. The van der Waals surface area contributed by atoms with Crippen LogP contribution in [0.1, 0.15) is 10.5 Å². The van der Waals surface area contributed by atoms with Crippen molar-refractivity contribution in [2.24, 2.45) is 0 Å². The molecular formula is C9H6N2O2S2. The lowest BCUT2D eigenvalue weighted by Gasteiger charge is -1.98. The third kappa shape index (κ3) is 2.54. The highest BCUT2D eigenvalue weighted by molar-refractivity contribution is 8.01. The van der Waals surface area contributed by atoms with Crippen molar-refractivity contribution in [2.45, 2.75) is 9.24 Å². The van der Waals surface area contributed by atoms with Gasteiger partial charge < -0.3 is 5.11 Å². The van der Waals surface area contributed by atoms with E-state index in [4.69, 9.17) is 5.11 Å². The molecule has 0 unspecified atom stereocenters. The molecule has 4 nitrogen and oxygen atoms in total. The summed E-state index contributed by atoms with van der Waals surface area (Å²) in [5.41, 5.74) is 0.0524. The minimum absolute atomic E-state index is 0.0524. The van der Waals surface area contributed by atoms with Gasteiger partial charge in [-0.3, -0.25) is 0 Å². The van der Waals surface area contributed by atoms with E-state index in [1.165, 1.54) is 35.4 Å². The molecule has 0 aliphatic heterocycles. The summed E-state index contributed by atoms with van der Waals surface area (Å²) < 4.78 is 0.887. The Morgan fingerprint density at radius 2 is 2.27 bits per heavy atom. The molecule has 0 saturated carbocycles. The normalized spacial score (nSPS) is 10.1. The number of aromatic carboxylic acids is 1. The Labute approximate surface area is 94.0 Å². The Hall–Kier alpha value is -1.40. The van der Waals surface area contributed by atoms with E-state index in [1.807, 2.05) is 5.38 Å². The molecule has 1 N–H and O–H groups in total. The lowest BCUT2D eigenvalue weighted by molar-refractivity contribution is 0.0690. The lowest BCUT2D eigenvalue weighted by atomic mass is 10.4. The minimum atomic E-state index is -1.02. The molecule has 0 saturated heterocycles. The number of carbonyl (C=O) groups is 1. The number of rotatable bonds is 3. The zero-order valence-electron chi connectivity index (χ0n) is 7.45. The van der Waals surface area contributed by atoms with Gasteiger partial charge >= 0.3 is 5.97 Å². The van der Waals surface area contributed by atoms with E-state index in [0.717, 1.165) is 9.24 Å². The molecule has 0 atom stereocenters. The van der Waals surface area contributed by atoms with Crippen LogP contribution in [0.15, 0.2) is 39.1 Å². The van der Waals surface area contributed by atoms with Crippen LogP contribution in [0.2, 0.25) is 0 Å². The van der Waals surface area contributed by atoms with E-state index >= 15 is 0 Å². The van der Waals surface area contributed by atoms with Crippen molar-refractivity contribution in [2.75, 3.05) is 0 Å². The molecule has 0 radical (unpaired) electrons. The second-order valence-corrected chi connectivity index (χ2v) is 4.80. The Morgan fingerprint density at radius 3 is 2.93 bits per heavy atom. The van der Waals surface area contributed by atoms with Gasteiger partial charge in [0.05, 0.1) is 0 Å². The van der Waals surface area contributed by atoms with E-state index in [1.54, 1.807) is 12.3 Å². The molecule has 0 aromatic carbocycles. The average Bonchev–Trinajstić information content (AvgIpc) is 2.71. The molecular weight excluding hydrogens is 232 g/mol. The zero-order chi connectivity index (χ0) is 10.7. The van der Waals surface area contributed by atoms with Crippen LogP contribution in [-0.2, 0) is 0 Å². The van der Waals surface area contributed by atoms with E-state index < -0.39 is 5.97 Å². The van der Waals surface area contributed by atoms with Crippen molar-refractivity contribution in [3.8, 4) is 0 Å². The Bertz CT molecular complexity index is 471. The second-order valence-electron chi connectivity index (χ2n) is 2.58. The minimum Gasteiger partial charge on any atom is -0.477 e. The van der Waals surface area contributed by atoms with Crippen LogP contribution in [-0.4, -0.2) is 21.0 Å². The van der Waals surface area contributed by atoms with Crippen LogP contribution in [0, 0.1) is 0 Å². The number of hydrogen-bond donors (Lipinski definition) is 1. The summed E-state index contributed by atoms with van der Waals surface area (Å²) in [6.45, 7) is 0. The highest BCUT2D eigenvalue weighted by atomic mass is 32.2. The van der Waals surface area contributed by atoms with Crippen LogP contribution in [0.25, 0.3) is 0 Å². The molecule has 0 aliphatic carbocycles. The average molecular weight is 238 g/mol. The molecule has 2 aromatic rings. The summed E-state index contributed by atoms with van der Waals surface area (Å²) in [6.07, 6.45) is 3.20. The van der Waals surface area contributed by atoms with Crippen LogP contribution in [0.3, 0.4) is 0 Å². The number of carboxylic acid groups (broad SMARTS) is 1. The number of carboxylic acids is 1. The van der Waals surface area contributed by atoms with Crippen molar-refractivity contribution in [1.29, 1.82) is 0 Å². The molecule has 15 heavy (non-hydrogen) atoms. The fourth-order valence-electron chi connectivity index (χ4n) is 0.953. The molecule has 6 heteroatoms. The van der Waals surface area contributed by atoms with Gasteiger partial charge in [0.15, 0.2) is 4.34 Å². The highest BCUT2D eigenvalue weighted by Gasteiger charge is 2.06. The van der Waals surface area contributed by atoms with Crippen molar-refractivity contribution in [1.82, 2.24) is 9.97 Å². The lowest BCUT2D eigenvalue weighted by Crippen LogP contribution is -1.99. The predicted octanol–water partition coefficient (Wildman–Crippen LogP) is 2.39. The molecule has 0 fully saturated rings. The molecule has 0 aliphatic rings. The van der Waals surface area contributed by atoms with Crippen LogP contribution in [0.4, 0.5) is 0 Å². The molecule has 0 amide bonds. The number of nitrogens with zero attached hydrogens (tertiary/aromatic N) is 2. The van der Waals surface area contributed by atoms with Crippen LogP contribution in [0.5, 0.6) is 0 Å². The summed E-state index contributed by atoms with van der Waals surface area (Å²) in [7, 11) is 0. The highest BCUT2D eigenvalue weighted by Crippen LogP contribution is 2.28. The number of pyridine rings is 1. The molecule has 0 spiro atoms.